The number of hydrogen-bond acceptors (Lipinski definition) is 3. The van der Waals surface area contributed by atoms with Gasteiger partial charge in [0.1, 0.15) is 17.2 Å². The third-order valence-electron chi connectivity index (χ3n) is 4.45. The number of thioether (sulfide) groups is 1. The van der Waals surface area contributed by atoms with Crippen LogP contribution in [0.2, 0.25) is 5.02 Å². The van der Waals surface area contributed by atoms with Crippen LogP contribution in [-0.2, 0) is 0 Å². The Balaban J connectivity index is 1.96. The highest BCUT2D eigenvalue weighted by Gasteiger charge is 2.14. The van der Waals surface area contributed by atoms with Gasteiger partial charge >= 0.3 is 0 Å². The molecule has 1 N–H and O–H groups in total. The Labute approximate surface area is 165 Å². The molecule has 0 bridgehead atoms. The maximum absolute atomic E-state index is 6.21. The van der Waals surface area contributed by atoms with E-state index in [1.807, 2.05) is 30.1 Å². The molecule has 3 nitrogen and oxygen atoms in total. The number of rotatable bonds is 8. The Kier molecular flexibility index (Phi) is 6.49. The lowest BCUT2D eigenvalue weighted by Gasteiger charge is -2.10. The van der Waals surface area contributed by atoms with Crippen molar-refractivity contribution in [2.75, 3.05) is 11.9 Å². The van der Waals surface area contributed by atoms with E-state index in [1.54, 1.807) is 0 Å². The van der Waals surface area contributed by atoms with Crippen molar-refractivity contribution in [2.45, 2.75) is 50.2 Å². The van der Waals surface area contributed by atoms with Crippen molar-refractivity contribution in [3.63, 3.8) is 0 Å². The fourth-order valence-corrected chi connectivity index (χ4v) is 3.86. The summed E-state index contributed by atoms with van der Waals surface area (Å²) in [6.07, 6.45) is 5.37. The Bertz CT molecular complexity index is 858. The van der Waals surface area contributed by atoms with Gasteiger partial charge < -0.3 is 5.32 Å². The number of fused-ring (bicyclic) bond motifs is 1. The SMILES string of the molecule is CCCCNc1c(-c2ccc(SC(C)CC)cc2)nc2ccc(Cl)cn12. The second kappa shape index (κ2) is 8.83. The molecule has 26 heavy (non-hydrogen) atoms. The largest absolute Gasteiger partial charge is 0.369 e. The smallest absolute Gasteiger partial charge is 0.139 e. The van der Waals surface area contributed by atoms with Crippen LogP contribution < -0.4 is 5.32 Å². The lowest BCUT2D eigenvalue weighted by molar-refractivity contribution is 0.830. The number of unbranched alkanes of at least 4 members (excludes halogenated alkanes) is 1. The van der Waals surface area contributed by atoms with E-state index in [9.17, 15) is 0 Å². The first-order chi connectivity index (χ1) is 12.6. The van der Waals surface area contributed by atoms with E-state index in [0.29, 0.717) is 10.3 Å². The summed E-state index contributed by atoms with van der Waals surface area (Å²) in [7, 11) is 0. The Hall–Kier alpha value is -1.65. The first-order valence-corrected chi connectivity index (χ1v) is 10.6. The lowest BCUT2D eigenvalue weighted by atomic mass is 10.1. The van der Waals surface area contributed by atoms with Crippen LogP contribution in [0.5, 0.6) is 0 Å². The van der Waals surface area contributed by atoms with E-state index in [0.717, 1.165) is 42.1 Å². The molecule has 2 aromatic heterocycles. The number of halogens is 1. The van der Waals surface area contributed by atoms with E-state index in [-0.39, 0.29) is 0 Å². The molecule has 0 radical (unpaired) electrons. The average Bonchev–Trinajstić information content (AvgIpc) is 3.00. The van der Waals surface area contributed by atoms with E-state index >= 15 is 0 Å². The van der Waals surface area contributed by atoms with E-state index < -0.39 is 0 Å². The van der Waals surface area contributed by atoms with Crippen LogP contribution in [0.25, 0.3) is 16.9 Å². The number of imidazole rings is 1. The van der Waals surface area contributed by atoms with Crippen molar-refractivity contribution in [2.24, 2.45) is 0 Å². The third-order valence-corrected chi connectivity index (χ3v) is 5.95. The fraction of sp³-hybridized carbons (Fsp3) is 0.381. The summed E-state index contributed by atoms with van der Waals surface area (Å²) in [6.45, 7) is 7.61. The molecule has 0 saturated carbocycles. The summed E-state index contributed by atoms with van der Waals surface area (Å²) in [5, 5.41) is 4.89. The van der Waals surface area contributed by atoms with Gasteiger partial charge in [-0.15, -0.1) is 11.8 Å². The number of aromatic nitrogens is 2. The first-order valence-electron chi connectivity index (χ1n) is 9.31. The van der Waals surface area contributed by atoms with Gasteiger partial charge in [0, 0.05) is 28.5 Å². The topological polar surface area (TPSA) is 29.3 Å². The lowest BCUT2D eigenvalue weighted by Crippen LogP contribution is -2.04. The number of hydrogen-bond donors (Lipinski definition) is 1. The van der Waals surface area contributed by atoms with Gasteiger partial charge in [-0.2, -0.15) is 0 Å². The van der Waals surface area contributed by atoms with Gasteiger partial charge in [-0.25, -0.2) is 4.98 Å². The van der Waals surface area contributed by atoms with Crippen molar-refractivity contribution in [1.82, 2.24) is 9.38 Å². The van der Waals surface area contributed by atoms with Gasteiger partial charge in [-0.3, -0.25) is 4.40 Å². The molecule has 0 aliphatic carbocycles. The van der Waals surface area contributed by atoms with Crippen LogP contribution in [0.3, 0.4) is 0 Å². The molecule has 1 unspecified atom stereocenters. The minimum atomic E-state index is 0.629. The molecule has 138 valence electrons. The summed E-state index contributed by atoms with van der Waals surface area (Å²) in [5.74, 6) is 1.01. The minimum Gasteiger partial charge on any atom is -0.369 e. The second-order valence-electron chi connectivity index (χ2n) is 6.53. The van der Waals surface area contributed by atoms with Gasteiger partial charge in [0.25, 0.3) is 0 Å². The van der Waals surface area contributed by atoms with E-state index in [4.69, 9.17) is 16.6 Å². The zero-order chi connectivity index (χ0) is 18.5. The molecule has 0 amide bonds. The highest BCUT2D eigenvalue weighted by molar-refractivity contribution is 7.99. The van der Waals surface area contributed by atoms with Crippen LogP contribution in [0.4, 0.5) is 5.82 Å². The normalized spacial score (nSPS) is 12.5. The second-order valence-corrected chi connectivity index (χ2v) is 8.47. The number of pyridine rings is 1. The highest BCUT2D eigenvalue weighted by atomic mass is 35.5. The molecule has 0 aliphatic rings. The van der Waals surface area contributed by atoms with Gasteiger partial charge in [-0.1, -0.05) is 50.9 Å². The predicted octanol–water partition coefficient (Wildman–Crippen LogP) is 6.76. The van der Waals surface area contributed by atoms with Crippen molar-refractivity contribution < 1.29 is 0 Å². The molecule has 2 heterocycles. The maximum Gasteiger partial charge on any atom is 0.139 e. The molecular weight excluding hydrogens is 362 g/mol. The van der Waals surface area contributed by atoms with Crippen LogP contribution >= 0.6 is 23.4 Å². The zero-order valence-electron chi connectivity index (χ0n) is 15.6. The van der Waals surface area contributed by atoms with Crippen molar-refractivity contribution in [3.05, 3.63) is 47.6 Å². The molecule has 0 spiro atoms. The zero-order valence-corrected chi connectivity index (χ0v) is 17.2. The third kappa shape index (κ3) is 4.36. The van der Waals surface area contributed by atoms with E-state index in [2.05, 4.69) is 54.8 Å². The first kappa shape index (κ1) is 19.1. The average molecular weight is 388 g/mol. The number of benzene rings is 1. The fourth-order valence-electron chi connectivity index (χ4n) is 2.78. The van der Waals surface area contributed by atoms with Crippen LogP contribution in [0, 0.1) is 0 Å². The monoisotopic (exact) mass is 387 g/mol. The van der Waals surface area contributed by atoms with Crippen molar-refractivity contribution in [3.8, 4) is 11.3 Å². The van der Waals surface area contributed by atoms with Crippen LogP contribution in [0.15, 0.2) is 47.5 Å². The molecule has 5 heteroatoms. The molecule has 1 aromatic carbocycles. The predicted molar refractivity (Wildman–Crippen MR) is 115 cm³/mol. The molecule has 3 aromatic rings. The van der Waals surface area contributed by atoms with Gasteiger partial charge in [-0.05, 0) is 37.1 Å². The standard InChI is InChI=1S/C21H26ClN3S/c1-4-6-13-23-21-20(24-19-12-9-17(22)14-25(19)21)16-7-10-18(11-8-16)26-15(3)5-2/h7-12,14-15,23H,4-6,13H2,1-3H3. The van der Waals surface area contributed by atoms with Crippen molar-refractivity contribution >= 4 is 34.8 Å². The maximum atomic E-state index is 6.21. The van der Waals surface area contributed by atoms with Gasteiger partial charge in [0.15, 0.2) is 0 Å². The quantitative estimate of drug-likeness (QED) is 0.342. The molecule has 0 fully saturated rings. The molecular formula is C21H26ClN3S. The minimum absolute atomic E-state index is 0.629. The van der Waals surface area contributed by atoms with Gasteiger partial charge in [0.05, 0.1) is 5.02 Å². The summed E-state index contributed by atoms with van der Waals surface area (Å²) in [4.78, 5) is 6.15. The van der Waals surface area contributed by atoms with Gasteiger partial charge in [0.2, 0.25) is 0 Å². The highest BCUT2D eigenvalue weighted by Crippen LogP contribution is 2.32. The summed E-state index contributed by atoms with van der Waals surface area (Å²) >= 11 is 8.13. The van der Waals surface area contributed by atoms with E-state index in [1.165, 1.54) is 11.3 Å². The summed E-state index contributed by atoms with van der Waals surface area (Å²) in [6, 6.07) is 12.6. The number of nitrogens with one attached hydrogen (secondary N) is 1. The summed E-state index contributed by atoms with van der Waals surface area (Å²) < 4.78 is 2.05. The van der Waals surface area contributed by atoms with Crippen LogP contribution in [0.1, 0.15) is 40.0 Å². The number of nitrogens with zero attached hydrogens (tertiary/aromatic N) is 2. The molecule has 3 rings (SSSR count). The Morgan fingerprint density at radius 1 is 1.15 bits per heavy atom. The molecule has 0 aliphatic heterocycles. The number of anilines is 1. The Morgan fingerprint density at radius 3 is 2.62 bits per heavy atom. The molecule has 0 saturated heterocycles. The van der Waals surface area contributed by atoms with Crippen LogP contribution in [-0.4, -0.2) is 21.2 Å². The Morgan fingerprint density at radius 2 is 1.92 bits per heavy atom. The molecule has 1 atom stereocenters. The summed E-state index contributed by atoms with van der Waals surface area (Å²) in [5.41, 5.74) is 3.00. The van der Waals surface area contributed by atoms with Crippen molar-refractivity contribution in [1.29, 1.82) is 0 Å².